The first kappa shape index (κ1) is 22.9. The number of carbonyl (C=O) groups excluding carboxylic acids is 1. The number of aryl methyl sites for hydroxylation is 1. The van der Waals surface area contributed by atoms with Crippen molar-refractivity contribution >= 4 is 13.7 Å². The van der Waals surface area contributed by atoms with Crippen LogP contribution in [0.5, 0.6) is 5.75 Å². The maximum absolute atomic E-state index is 12.1. The quantitative estimate of drug-likeness (QED) is 0.378. The van der Waals surface area contributed by atoms with Gasteiger partial charge in [-0.25, -0.2) is 4.57 Å². The number of amides is 1. The number of nitrogens with zero attached hydrogens (tertiary/aromatic N) is 1. The van der Waals surface area contributed by atoms with E-state index in [1.54, 1.807) is 4.90 Å². The number of phosphoric acid groups is 1. The van der Waals surface area contributed by atoms with E-state index in [4.69, 9.17) is 14.5 Å². The highest BCUT2D eigenvalue weighted by Crippen LogP contribution is 2.39. The Hall–Kier alpha value is -1.40. The predicted octanol–water partition coefficient (Wildman–Crippen LogP) is 3.68. The summed E-state index contributed by atoms with van der Waals surface area (Å²) in [6.45, 7) is 3.45. The van der Waals surface area contributed by atoms with E-state index in [2.05, 4.69) is 23.6 Å². The van der Waals surface area contributed by atoms with Crippen LogP contribution in [0.2, 0.25) is 0 Å². The standard InChI is InChI=1S/C20H32NO6P/c1-2-3-4-7-13-26-18-11-8-10-17(14-18)9-5-6-12-20(22)21-15-19(16-21)27-28(23,24)25/h8,10-11,14,19H,2-7,9,12-13,15-16H2,1H3,(H2,23,24,25). The molecule has 0 bridgehead atoms. The molecular formula is C20H32NO6P. The minimum absolute atomic E-state index is 0.00900. The van der Waals surface area contributed by atoms with E-state index in [0.717, 1.165) is 38.0 Å². The van der Waals surface area contributed by atoms with Crippen LogP contribution in [0.15, 0.2) is 24.3 Å². The molecule has 1 saturated heterocycles. The number of unbranched alkanes of at least 4 members (excludes halogenated alkanes) is 4. The van der Waals surface area contributed by atoms with Crippen LogP contribution in [0.3, 0.4) is 0 Å². The van der Waals surface area contributed by atoms with E-state index in [9.17, 15) is 9.36 Å². The van der Waals surface area contributed by atoms with Crippen LogP contribution in [0.25, 0.3) is 0 Å². The number of likely N-dealkylation sites (tertiary alicyclic amines) is 1. The molecule has 8 heteroatoms. The highest BCUT2D eigenvalue weighted by molar-refractivity contribution is 7.46. The van der Waals surface area contributed by atoms with Gasteiger partial charge in [0.05, 0.1) is 6.61 Å². The zero-order chi connectivity index (χ0) is 20.4. The van der Waals surface area contributed by atoms with Crippen molar-refractivity contribution < 1.29 is 28.4 Å². The van der Waals surface area contributed by atoms with Crippen molar-refractivity contribution in [2.24, 2.45) is 0 Å². The molecule has 7 nitrogen and oxygen atoms in total. The highest BCUT2D eigenvalue weighted by Gasteiger charge is 2.35. The summed E-state index contributed by atoms with van der Waals surface area (Å²) < 4.78 is 21.1. The first-order valence-electron chi connectivity index (χ1n) is 10.1. The first-order valence-corrected chi connectivity index (χ1v) is 11.6. The Balaban J connectivity index is 1.59. The molecule has 1 amide bonds. The normalized spacial score (nSPS) is 14.8. The number of carbonyl (C=O) groups is 1. The van der Waals surface area contributed by atoms with Crippen molar-refractivity contribution in [1.82, 2.24) is 4.90 Å². The second kappa shape index (κ2) is 11.6. The molecule has 0 spiro atoms. The molecule has 28 heavy (non-hydrogen) atoms. The number of phosphoric ester groups is 1. The Bertz CT molecular complexity index is 656. The molecule has 2 rings (SSSR count). The summed E-state index contributed by atoms with van der Waals surface area (Å²) in [6, 6.07) is 8.13. The summed E-state index contributed by atoms with van der Waals surface area (Å²) in [6.07, 6.45) is 7.21. The van der Waals surface area contributed by atoms with Crippen LogP contribution in [0, 0.1) is 0 Å². The van der Waals surface area contributed by atoms with Gasteiger partial charge in [0.25, 0.3) is 0 Å². The van der Waals surface area contributed by atoms with E-state index in [0.29, 0.717) is 6.42 Å². The van der Waals surface area contributed by atoms with E-state index in [1.807, 2.05) is 12.1 Å². The summed E-state index contributed by atoms with van der Waals surface area (Å²) >= 11 is 0. The Morgan fingerprint density at radius 3 is 2.68 bits per heavy atom. The van der Waals surface area contributed by atoms with Gasteiger partial charge in [-0.1, -0.05) is 38.3 Å². The largest absolute Gasteiger partial charge is 0.494 e. The Morgan fingerprint density at radius 1 is 1.18 bits per heavy atom. The number of hydrogen-bond acceptors (Lipinski definition) is 4. The zero-order valence-corrected chi connectivity index (χ0v) is 17.5. The van der Waals surface area contributed by atoms with Gasteiger partial charge in [-0.05, 0) is 43.4 Å². The van der Waals surface area contributed by atoms with Gasteiger partial charge in [0.1, 0.15) is 11.9 Å². The van der Waals surface area contributed by atoms with Crippen LogP contribution in [0.1, 0.15) is 57.4 Å². The van der Waals surface area contributed by atoms with Gasteiger partial charge in [-0.2, -0.15) is 0 Å². The fourth-order valence-corrected chi connectivity index (χ4v) is 3.70. The van der Waals surface area contributed by atoms with Gasteiger partial charge in [-0.3, -0.25) is 9.32 Å². The molecule has 0 saturated carbocycles. The lowest BCUT2D eigenvalue weighted by Gasteiger charge is -2.38. The number of benzene rings is 1. The minimum atomic E-state index is -4.47. The first-order chi connectivity index (χ1) is 13.4. The molecule has 1 fully saturated rings. The van der Waals surface area contributed by atoms with Gasteiger partial charge in [0.15, 0.2) is 0 Å². The molecule has 0 aromatic heterocycles. The lowest BCUT2D eigenvalue weighted by atomic mass is 10.1. The van der Waals surface area contributed by atoms with E-state index < -0.39 is 13.9 Å². The van der Waals surface area contributed by atoms with Crippen LogP contribution in [-0.4, -0.2) is 46.4 Å². The Morgan fingerprint density at radius 2 is 1.96 bits per heavy atom. The molecule has 1 aromatic carbocycles. The van der Waals surface area contributed by atoms with Gasteiger partial charge in [-0.15, -0.1) is 0 Å². The zero-order valence-electron chi connectivity index (χ0n) is 16.6. The third-order valence-corrected chi connectivity index (χ3v) is 5.33. The number of hydrogen-bond donors (Lipinski definition) is 2. The lowest BCUT2D eigenvalue weighted by Crippen LogP contribution is -2.54. The topological polar surface area (TPSA) is 96.3 Å². The third-order valence-electron chi connectivity index (χ3n) is 4.76. The molecule has 158 valence electrons. The third kappa shape index (κ3) is 8.74. The van der Waals surface area contributed by atoms with Crippen LogP contribution in [0.4, 0.5) is 0 Å². The average molecular weight is 413 g/mol. The van der Waals surface area contributed by atoms with E-state index in [1.165, 1.54) is 24.8 Å². The van der Waals surface area contributed by atoms with E-state index >= 15 is 0 Å². The second-order valence-electron chi connectivity index (χ2n) is 7.28. The fraction of sp³-hybridized carbons (Fsp3) is 0.650. The Labute approximate surface area is 167 Å². The van der Waals surface area contributed by atoms with Crippen LogP contribution < -0.4 is 4.74 Å². The maximum Gasteiger partial charge on any atom is 0.469 e. The fourth-order valence-electron chi connectivity index (χ4n) is 3.18. The summed E-state index contributed by atoms with van der Waals surface area (Å²) in [5, 5.41) is 0. The molecule has 0 unspecified atom stereocenters. The monoisotopic (exact) mass is 413 g/mol. The van der Waals surface area contributed by atoms with Crippen molar-refractivity contribution in [3.05, 3.63) is 29.8 Å². The van der Waals surface area contributed by atoms with Crippen LogP contribution in [-0.2, 0) is 20.3 Å². The van der Waals surface area contributed by atoms with Crippen molar-refractivity contribution in [1.29, 1.82) is 0 Å². The number of ether oxygens (including phenoxy) is 1. The SMILES string of the molecule is CCCCCCOc1cccc(CCCCC(=O)N2CC(OP(=O)(O)O)C2)c1. The molecule has 0 radical (unpaired) electrons. The molecule has 1 aliphatic heterocycles. The molecule has 0 atom stereocenters. The van der Waals surface area contributed by atoms with Crippen molar-refractivity contribution in [3.8, 4) is 5.75 Å². The van der Waals surface area contributed by atoms with Crippen molar-refractivity contribution in [2.45, 2.75) is 64.4 Å². The molecule has 2 N–H and O–H groups in total. The van der Waals surface area contributed by atoms with E-state index in [-0.39, 0.29) is 19.0 Å². The van der Waals surface area contributed by atoms with Gasteiger partial charge in [0, 0.05) is 19.5 Å². The predicted molar refractivity (Wildman–Crippen MR) is 107 cm³/mol. The Kier molecular flexibility index (Phi) is 9.45. The minimum Gasteiger partial charge on any atom is -0.494 e. The smallest absolute Gasteiger partial charge is 0.469 e. The molecule has 1 aliphatic rings. The highest BCUT2D eigenvalue weighted by atomic mass is 31.2. The summed E-state index contributed by atoms with van der Waals surface area (Å²) in [7, 11) is -4.47. The number of rotatable bonds is 13. The summed E-state index contributed by atoms with van der Waals surface area (Å²) in [4.78, 5) is 31.1. The van der Waals surface area contributed by atoms with Gasteiger partial charge < -0.3 is 19.4 Å². The van der Waals surface area contributed by atoms with Crippen molar-refractivity contribution in [2.75, 3.05) is 19.7 Å². The maximum atomic E-state index is 12.1. The average Bonchev–Trinajstić information content (AvgIpc) is 2.61. The lowest BCUT2D eigenvalue weighted by molar-refractivity contribution is -0.140. The molecule has 1 heterocycles. The van der Waals surface area contributed by atoms with Crippen molar-refractivity contribution in [3.63, 3.8) is 0 Å². The van der Waals surface area contributed by atoms with Gasteiger partial charge >= 0.3 is 7.82 Å². The molecular weight excluding hydrogens is 381 g/mol. The summed E-state index contributed by atoms with van der Waals surface area (Å²) in [5.41, 5.74) is 1.21. The summed E-state index contributed by atoms with van der Waals surface area (Å²) in [5.74, 6) is 0.913. The second-order valence-corrected chi connectivity index (χ2v) is 8.47. The molecule has 0 aliphatic carbocycles. The van der Waals surface area contributed by atoms with Crippen LogP contribution >= 0.6 is 7.82 Å². The molecule has 1 aromatic rings. The van der Waals surface area contributed by atoms with Gasteiger partial charge in [0.2, 0.25) is 5.91 Å².